The SMILES string of the molecule is CCOc1cc(C(C)(C)C)ccc1C1=N[C@@H](c2ccc(Cl)cc2)[C@@H](c2ccc(Cl)cc2)N1C(=O)N1CCN(CCS(C)(=O)=O)C(=O)C1. The number of sulfone groups is 1. The molecule has 47 heavy (non-hydrogen) atoms. The zero-order valence-corrected chi connectivity index (χ0v) is 29.6. The van der Waals surface area contributed by atoms with Gasteiger partial charge in [0.2, 0.25) is 5.91 Å². The molecule has 1 fully saturated rings. The monoisotopic (exact) mass is 698 g/mol. The molecular formula is C35H40Cl2N4O5S. The number of nitrogens with zero attached hydrogens (tertiary/aromatic N) is 4. The number of urea groups is 1. The second-order valence-electron chi connectivity index (χ2n) is 12.9. The molecule has 9 nitrogen and oxygen atoms in total. The standard InChI is InChI=1S/C35H40Cl2N4O5S/c1-6-46-29-21-25(35(2,3)4)11-16-28(29)33-38-31(23-7-12-26(36)13-8-23)32(24-9-14-27(37)15-10-24)41(33)34(43)40-18-17-39(30(42)22-40)19-20-47(5,44)45/h7-16,21,31-32H,6,17-20,22H2,1-5H3/t31-,32+/m0/s1. The Kier molecular flexibility index (Phi) is 10.2. The number of hydrogen-bond donors (Lipinski definition) is 0. The van der Waals surface area contributed by atoms with E-state index in [1.54, 1.807) is 29.2 Å². The summed E-state index contributed by atoms with van der Waals surface area (Å²) in [4.78, 5) is 37.9. The first-order chi connectivity index (χ1) is 22.2. The van der Waals surface area contributed by atoms with Gasteiger partial charge in [0.15, 0.2) is 0 Å². The maximum Gasteiger partial charge on any atom is 0.326 e. The van der Waals surface area contributed by atoms with E-state index >= 15 is 0 Å². The van der Waals surface area contributed by atoms with Gasteiger partial charge in [-0.15, -0.1) is 0 Å². The Morgan fingerprint density at radius 1 is 0.957 bits per heavy atom. The summed E-state index contributed by atoms with van der Waals surface area (Å²) in [5.74, 6) is 0.574. The highest BCUT2D eigenvalue weighted by Gasteiger charge is 2.45. The van der Waals surface area contributed by atoms with Crippen molar-refractivity contribution in [1.29, 1.82) is 0 Å². The van der Waals surface area contributed by atoms with Crippen LogP contribution in [0, 0.1) is 0 Å². The minimum absolute atomic E-state index is 0.0833. The molecule has 2 heterocycles. The van der Waals surface area contributed by atoms with Crippen LogP contribution in [0.25, 0.3) is 0 Å². The highest BCUT2D eigenvalue weighted by Crippen LogP contribution is 2.46. The molecule has 12 heteroatoms. The Labute approximate surface area is 287 Å². The lowest BCUT2D eigenvalue weighted by molar-refractivity contribution is -0.134. The number of hydrogen-bond acceptors (Lipinski definition) is 6. The molecule has 0 aromatic heterocycles. The van der Waals surface area contributed by atoms with E-state index in [1.165, 1.54) is 9.80 Å². The highest BCUT2D eigenvalue weighted by atomic mass is 35.5. The summed E-state index contributed by atoms with van der Waals surface area (Å²) in [5.41, 5.74) is 3.24. The van der Waals surface area contributed by atoms with Gasteiger partial charge >= 0.3 is 6.03 Å². The van der Waals surface area contributed by atoms with Crippen molar-refractivity contribution in [2.75, 3.05) is 44.8 Å². The number of amidine groups is 1. The fourth-order valence-corrected chi connectivity index (χ4v) is 6.64. The van der Waals surface area contributed by atoms with Gasteiger partial charge in [-0.3, -0.25) is 14.7 Å². The average Bonchev–Trinajstić information content (AvgIpc) is 3.40. The summed E-state index contributed by atoms with van der Waals surface area (Å²) in [7, 11) is -3.25. The van der Waals surface area contributed by atoms with Crippen LogP contribution in [-0.4, -0.2) is 85.7 Å². The molecule has 3 amide bonds. The van der Waals surface area contributed by atoms with E-state index in [0.717, 1.165) is 22.9 Å². The number of aliphatic imine (C=N–C) groups is 1. The quantitative estimate of drug-likeness (QED) is 0.266. The van der Waals surface area contributed by atoms with Gasteiger partial charge in [0.1, 0.15) is 34.0 Å². The smallest absolute Gasteiger partial charge is 0.326 e. The second kappa shape index (κ2) is 13.9. The Balaban J connectivity index is 1.62. The molecule has 0 aliphatic carbocycles. The number of carbonyl (C=O) groups is 2. The predicted molar refractivity (Wildman–Crippen MR) is 186 cm³/mol. The van der Waals surface area contributed by atoms with Crippen molar-refractivity contribution in [3.05, 3.63) is 99.0 Å². The maximum atomic E-state index is 14.7. The zero-order valence-electron chi connectivity index (χ0n) is 27.2. The first kappa shape index (κ1) is 34.7. The van der Waals surface area contributed by atoms with E-state index in [2.05, 4.69) is 20.8 Å². The topological polar surface area (TPSA) is 99.6 Å². The van der Waals surface area contributed by atoms with Gasteiger partial charge in [0, 0.05) is 35.9 Å². The Morgan fingerprint density at radius 3 is 2.13 bits per heavy atom. The van der Waals surface area contributed by atoms with Crippen LogP contribution in [0.15, 0.2) is 71.7 Å². The van der Waals surface area contributed by atoms with E-state index < -0.39 is 28.0 Å². The molecule has 2 aliphatic heterocycles. The van der Waals surface area contributed by atoms with Crippen molar-refractivity contribution in [1.82, 2.24) is 14.7 Å². The highest BCUT2D eigenvalue weighted by molar-refractivity contribution is 7.90. The van der Waals surface area contributed by atoms with Gasteiger partial charge < -0.3 is 14.5 Å². The van der Waals surface area contributed by atoms with Crippen LogP contribution in [0.4, 0.5) is 4.79 Å². The Hall–Kier alpha value is -3.60. The van der Waals surface area contributed by atoms with Gasteiger partial charge in [-0.25, -0.2) is 13.2 Å². The predicted octanol–water partition coefficient (Wildman–Crippen LogP) is 6.54. The Morgan fingerprint density at radius 2 is 1.57 bits per heavy atom. The van der Waals surface area contributed by atoms with Crippen molar-refractivity contribution >= 4 is 50.8 Å². The van der Waals surface area contributed by atoms with E-state index in [9.17, 15) is 18.0 Å². The molecule has 3 aromatic rings. The van der Waals surface area contributed by atoms with Gasteiger partial charge in [-0.05, 0) is 65.4 Å². The lowest BCUT2D eigenvalue weighted by Crippen LogP contribution is -2.57. The number of piperazine rings is 1. The number of ether oxygens (including phenoxy) is 1. The Bertz CT molecular complexity index is 1770. The van der Waals surface area contributed by atoms with E-state index in [0.29, 0.717) is 33.8 Å². The molecule has 0 unspecified atom stereocenters. The normalized spacial score (nSPS) is 18.8. The summed E-state index contributed by atoms with van der Waals surface area (Å²) in [6.07, 6.45) is 1.14. The lowest BCUT2D eigenvalue weighted by atomic mass is 9.86. The summed E-state index contributed by atoms with van der Waals surface area (Å²) in [6, 6.07) is 19.2. The van der Waals surface area contributed by atoms with Crippen LogP contribution in [-0.2, 0) is 20.0 Å². The van der Waals surface area contributed by atoms with Gasteiger partial charge in [-0.1, -0.05) is 74.3 Å². The van der Waals surface area contributed by atoms with Crippen LogP contribution >= 0.6 is 23.2 Å². The third kappa shape index (κ3) is 7.93. The van der Waals surface area contributed by atoms with Crippen molar-refractivity contribution in [3.8, 4) is 5.75 Å². The summed E-state index contributed by atoms with van der Waals surface area (Å²) < 4.78 is 29.7. The fraction of sp³-hybridized carbons (Fsp3) is 0.400. The number of amides is 3. The molecule has 0 saturated carbocycles. The second-order valence-corrected chi connectivity index (χ2v) is 16.1. The third-order valence-corrected chi connectivity index (χ3v) is 9.83. The van der Waals surface area contributed by atoms with Gasteiger partial charge in [0.05, 0.1) is 24.0 Å². The van der Waals surface area contributed by atoms with Crippen molar-refractivity contribution in [2.24, 2.45) is 4.99 Å². The molecule has 0 N–H and O–H groups in total. The number of rotatable bonds is 8. The van der Waals surface area contributed by atoms with Crippen LogP contribution in [0.2, 0.25) is 10.0 Å². The first-order valence-electron chi connectivity index (χ1n) is 15.6. The molecule has 1 saturated heterocycles. The van der Waals surface area contributed by atoms with Crippen molar-refractivity contribution < 1.29 is 22.7 Å². The van der Waals surface area contributed by atoms with E-state index in [1.807, 2.05) is 49.4 Å². The van der Waals surface area contributed by atoms with Gasteiger partial charge in [-0.2, -0.15) is 0 Å². The largest absolute Gasteiger partial charge is 0.493 e. The van der Waals surface area contributed by atoms with Crippen LogP contribution in [0.5, 0.6) is 5.75 Å². The molecule has 0 radical (unpaired) electrons. The minimum Gasteiger partial charge on any atom is -0.493 e. The third-order valence-electron chi connectivity index (χ3n) is 8.41. The van der Waals surface area contributed by atoms with E-state index in [-0.39, 0.29) is 43.3 Å². The van der Waals surface area contributed by atoms with Crippen molar-refractivity contribution in [2.45, 2.75) is 45.2 Å². The molecule has 5 rings (SSSR count). The molecule has 3 aromatic carbocycles. The zero-order chi connectivity index (χ0) is 34.1. The number of carbonyl (C=O) groups excluding carboxylic acids is 2. The minimum atomic E-state index is -3.25. The first-order valence-corrected chi connectivity index (χ1v) is 18.4. The molecule has 250 valence electrons. The fourth-order valence-electron chi connectivity index (χ4n) is 5.84. The van der Waals surface area contributed by atoms with Crippen molar-refractivity contribution in [3.63, 3.8) is 0 Å². The maximum absolute atomic E-state index is 14.7. The van der Waals surface area contributed by atoms with Gasteiger partial charge in [0.25, 0.3) is 0 Å². The number of halogens is 2. The van der Waals surface area contributed by atoms with Crippen LogP contribution in [0.3, 0.4) is 0 Å². The summed E-state index contributed by atoms with van der Waals surface area (Å²) in [5, 5.41) is 1.14. The number of benzene rings is 3. The summed E-state index contributed by atoms with van der Waals surface area (Å²) in [6.45, 7) is 9.05. The molecular weight excluding hydrogens is 659 g/mol. The molecule has 2 aliphatic rings. The molecule has 0 spiro atoms. The molecule has 0 bridgehead atoms. The van der Waals surface area contributed by atoms with E-state index in [4.69, 9.17) is 32.9 Å². The summed E-state index contributed by atoms with van der Waals surface area (Å²) >= 11 is 12.6. The van der Waals surface area contributed by atoms with Crippen LogP contribution in [0.1, 0.15) is 62.0 Å². The lowest BCUT2D eigenvalue weighted by Gasteiger charge is -2.38. The molecule has 2 atom stereocenters. The average molecular weight is 700 g/mol. The van der Waals surface area contributed by atoms with Crippen LogP contribution < -0.4 is 4.74 Å².